The average molecular weight is 431 g/mol. The fourth-order valence-corrected chi connectivity index (χ4v) is 3.23. The van der Waals surface area contributed by atoms with Gasteiger partial charge in [0.2, 0.25) is 0 Å². The predicted molar refractivity (Wildman–Crippen MR) is 121 cm³/mol. The lowest BCUT2D eigenvalue weighted by molar-refractivity contribution is -0.118. The van der Waals surface area contributed by atoms with E-state index in [0.717, 1.165) is 0 Å². The normalized spacial score (nSPS) is 10.6. The second-order valence-corrected chi connectivity index (χ2v) is 6.83. The highest BCUT2D eigenvalue weighted by atomic mass is 16.5. The van der Waals surface area contributed by atoms with Crippen LogP contribution in [0, 0.1) is 0 Å². The molecule has 8 nitrogen and oxygen atoms in total. The van der Waals surface area contributed by atoms with E-state index >= 15 is 0 Å². The number of amides is 1. The van der Waals surface area contributed by atoms with E-state index < -0.39 is 0 Å². The molecule has 0 unspecified atom stereocenters. The van der Waals surface area contributed by atoms with Crippen LogP contribution < -0.4 is 25.1 Å². The van der Waals surface area contributed by atoms with Crippen molar-refractivity contribution < 1.29 is 19.0 Å². The van der Waals surface area contributed by atoms with Crippen molar-refractivity contribution in [1.82, 2.24) is 9.97 Å². The van der Waals surface area contributed by atoms with Gasteiger partial charge in [-0.05, 0) is 42.5 Å². The Hall–Kier alpha value is -4.33. The summed E-state index contributed by atoms with van der Waals surface area (Å²) in [7, 11) is 3.03. The van der Waals surface area contributed by atoms with Crippen LogP contribution in [0.4, 0.5) is 5.69 Å². The van der Waals surface area contributed by atoms with Crippen LogP contribution >= 0.6 is 0 Å². The molecule has 0 fully saturated rings. The fourth-order valence-electron chi connectivity index (χ4n) is 3.23. The highest BCUT2D eigenvalue weighted by molar-refractivity contribution is 5.93. The summed E-state index contributed by atoms with van der Waals surface area (Å²) in [5.41, 5.74) is 1.57. The van der Waals surface area contributed by atoms with E-state index in [9.17, 15) is 9.59 Å². The van der Waals surface area contributed by atoms with E-state index in [4.69, 9.17) is 14.2 Å². The van der Waals surface area contributed by atoms with E-state index in [2.05, 4.69) is 15.3 Å². The third kappa shape index (κ3) is 4.39. The molecule has 0 aliphatic heterocycles. The zero-order valence-corrected chi connectivity index (χ0v) is 17.5. The molecule has 1 aromatic heterocycles. The molecule has 0 bridgehead atoms. The zero-order chi connectivity index (χ0) is 22.5. The minimum absolute atomic E-state index is 0.223. The van der Waals surface area contributed by atoms with Gasteiger partial charge in [0.05, 0.1) is 30.8 Å². The van der Waals surface area contributed by atoms with Crippen LogP contribution in [0.3, 0.4) is 0 Å². The number of para-hydroxylation sites is 3. The van der Waals surface area contributed by atoms with Crippen molar-refractivity contribution in [2.24, 2.45) is 0 Å². The van der Waals surface area contributed by atoms with E-state index in [1.165, 1.54) is 14.2 Å². The second-order valence-electron chi connectivity index (χ2n) is 6.83. The van der Waals surface area contributed by atoms with Crippen LogP contribution in [-0.2, 0) is 4.79 Å². The second kappa shape index (κ2) is 9.22. The van der Waals surface area contributed by atoms with Gasteiger partial charge in [0.1, 0.15) is 11.6 Å². The van der Waals surface area contributed by atoms with Crippen LogP contribution in [0.25, 0.3) is 22.3 Å². The molecule has 0 saturated heterocycles. The van der Waals surface area contributed by atoms with Gasteiger partial charge in [0.25, 0.3) is 11.5 Å². The number of carbonyl (C=O) groups excluding carboxylic acids is 1. The van der Waals surface area contributed by atoms with Crippen LogP contribution in [0.2, 0.25) is 0 Å². The first-order valence-electron chi connectivity index (χ1n) is 9.82. The average Bonchev–Trinajstić information content (AvgIpc) is 2.83. The number of hydrogen-bond donors (Lipinski definition) is 2. The van der Waals surface area contributed by atoms with Crippen molar-refractivity contribution in [1.29, 1.82) is 0 Å². The van der Waals surface area contributed by atoms with Crippen LogP contribution in [0.15, 0.2) is 71.5 Å². The maximum Gasteiger partial charge on any atom is 0.262 e. The molecule has 162 valence electrons. The molecular weight excluding hydrogens is 410 g/mol. The van der Waals surface area contributed by atoms with Gasteiger partial charge < -0.3 is 24.5 Å². The molecule has 32 heavy (non-hydrogen) atoms. The van der Waals surface area contributed by atoms with Gasteiger partial charge in [-0.2, -0.15) is 0 Å². The van der Waals surface area contributed by atoms with Crippen LogP contribution in [0.1, 0.15) is 0 Å². The number of rotatable bonds is 7. The number of benzene rings is 3. The van der Waals surface area contributed by atoms with Crippen molar-refractivity contribution in [2.45, 2.75) is 0 Å². The Morgan fingerprint density at radius 3 is 2.50 bits per heavy atom. The van der Waals surface area contributed by atoms with Gasteiger partial charge in [-0.15, -0.1) is 0 Å². The molecule has 0 saturated carbocycles. The van der Waals surface area contributed by atoms with Gasteiger partial charge in [-0.3, -0.25) is 9.59 Å². The number of H-pyrrole nitrogens is 1. The zero-order valence-electron chi connectivity index (χ0n) is 17.5. The van der Waals surface area contributed by atoms with Gasteiger partial charge in [0.15, 0.2) is 18.1 Å². The van der Waals surface area contributed by atoms with Crippen molar-refractivity contribution in [2.75, 3.05) is 26.1 Å². The molecule has 0 atom stereocenters. The summed E-state index contributed by atoms with van der Waals surface area (Å²) in [6.07, 6.45) is 0. The molecule has 4 rings (SSSR count). The number of methoxy groups -OCH3 is 2. The lowest BCUT2D eigenvalue weighted by Gasteiger charge is -2.13. The Morgan fingerprint density at radius 1 is 0.938 bits per heavy atom. The lowest BCUT2D eigenvalue weighted by Crippen LogP contribution is -2.20. The maximum atomic E-state index is 12.4. The Kier molecular flexibility index (Phi) is 6.03. The summed E-state index contributed by atoms with van der Waals surface area (Å²) < 4.78 is 16.3. The number of nitrogens with one attached hydrogen (secondary N) is 2. The van der Waals surface area contributed by atoms with E-state index in [1.54, 1.807) is 54.6 Å². The number of carbonyl (C=O) groups is 1. The molecule has 1 heterocycles. The predicted octanol–water partition coefficient (Wildman–Crippen LogP) is 3.62. The number of aromatic nitrogens is 2. The van der Waals surface area contributed by atoms with E-state index in [1.807, 2.05) is 12.1 Å². The molecule has 0 radical (unpaired) electrons. The summed E-state index contributed by atoms with van der Waals surface area (Å²) in [5.74, 6) is 1.41. The van der Waals surface area contributed by atoms with Crippen molar-refractivity contribution in [3.8, 4) is 28.6 Å². The van der Waals surface area contributed by atoms with Gasteiger partial charge in [-0.25, -0.2) is 4.98 Å². The standard InChI is InChI=1S/C24H21N3O5/c1-30-19-10-6-5-9-18(19)25-22(28)14-32-20-12-11-15(13-21(20)31-2)23-26-17-8-4-3-7-16(17)24(29)27-23/h3-13H,14H2,1-2H3,(H,25,28)(H,26,27,29). The van der Waals surface area contributed by atoms with Crippen LogP contribution in [0.5, 0.6) is 17.2 Å². The lowest BCUT2D eigenvalue weighted by atomic mass is 10.1. The largest absolute Gasteiger partial charge is 0.495 e. The number of ether oxygens (including phenoxy) is 3. The third-order valence-corrected chi connectivity index (χ3v) is 4.79. The summed E-state index contributed by atoms with van der Waals surface area (Å²) in [5, 5.41) is 3.27. The molecule has 0 aliphatic rings. The topological polar surface area (TPSA) is 103 Å². The SMILES string of the molecule is COc1ccccc1NC(=O)COc1ccc(-c2nc3ccccc3c(=O)[nH]2)cc1OC. The Morgan fingerprint density at radius 2 is 1.69 bits per heavy atom. The summed E-state index contributed by atoms with van der Waals surface area (Å²) in [6, 6.07) is 19.3. The Bertz CT molecular complexity index is 1330. The molecule has 3 aromatic carbocycles. The first-order valence-corrected chi connectivity index (χ1v) is 9.82. The molecular formula is C24H21N3O5. The number of fused-ring (bicyclic) bond motifs is 1. The fraction of sp³-hybridized carbons (Fsp3) is 0.125. The number of nitrogens with zero attached hydrogens (tertiary/aromatic N) is 1. The maximum absolute atomic E-state index is 12.4. The van der Waals surface area contributed by atoms with Crippen LogP contribution in [-0.4, -0.2) is 36.7 Å². The molecule has 0 aliphatic carbocycles. The van der Waals surface area contributed by atoms with Crippen molar-refractivity contribution in [3.63, 3.8) is 0 Å². The Balaban J connectivity index is 1.52. The minimum atomic E-state index is -0.346. The van der Waals surface area contributed by atoms with Gasteiger partial charge in [0, 0.05) is 5.56 Å². The van der Waals surface area contributed by atoms with Gasteiger partial charge >= 0.3 is 0 Å². The minimum Gasteiger partial charge on any atom is -0.495 e. The van der Waals surface area contributed by atoms with E-state index in [-0.39, 0.29) is 18.1 Å². The molecule has 2 N–H and O–H groups in total. The first-order chi connectivity index (χ1) is 15.6. The number of hydrogen-bond acceptors (Lipinski definition) is 6. The molecule has 8 heteroatoms. The summed E-state index contributed by atoms with van der Waals surface area (Å²) in [4.78, 5) is 32.0. The Labute approximate surface area is 183 Å². The summed E-state index contributed by atoms with van der Waals surface area (Å²) in [6.45, 7) is -0.223. The molecule has 1 amide bonds. The smallest absolute Gasteiger partial charge is 0.262 e. The quantitative estimate of drug-likeness (QED) is 0.463. The highest BCUT2D eigenvalue weighted by Crippen LogP contribution is 2.31. The third-order valence-electron chi connectivity index (χ3n) is 4.79. The monoisotopic (exact) mass is 431 g/mol. The molecule has 0 spiro atoms. The van der Waals surface area contributed by atoms with E-state index in [0.29, 0.717) is 45.2 Å². The first kappa shape index (κ1) is 20.9. The summed E-state index contributed by atoms with van der Waals surface area (Å²) >= 11 is 0. The number of aromatic amines is 1. The number of anilines is 1. The highest BCUT2D eigenvalue weighted by Gasteiger charge is 2.13. The molecule has 4 aromatic rings. The van der Waals surface area contributed by atoms with Crippen molar-refractivity contribution in [3.05, 3.63) is 77.1 Å². The van der Waals surface area contributed by atoms with Gasteiger partial charge in [-0.1, -0.05) is 24.3 Å². The van der Waals surface area contributed by atoms with Crippen molar-refractivity contribution >= 4 is 22.5 Å².